The number of hydrogen-bond donors (Lipinski definition) is 1. The molecule has 0 saturated carbocycles. The van der Waals surface area contributed by atoms with Gasteiger partial charge in [0.2, 0.25) is 5.91 Å². The number of carbonyl (C=O) groups is 1. The lowest BCUT2D eigenvalue weighted by molar-refractivity contribution is -0.121. The van der Waals surface area contributed by atoms with Crippen LogP contribution in [0.25, 0.3) is 16.7 Å². The first-order chi connectivity index (χ1) is 15.4. The average Bonchev–Trinajstić information content (AvgIpc) is 3.12. The Kier molecular flexibility index (Phi) is 5.90. The summed E-state index contributed by atoms with van der Waals surface area (Å²) in [6.07, 6.45) is 0.673. The van der Waals surface area contributed by atoms with Crippen LogP contribution in [0, 0.1) is 19.7 Å². The van der Waals surface area contributed by atoms with E-state index in [1.54, 1.807) is 28.9 Å². The van der Waals surface area contributed by atoms with E-state index < -0.39 is 0 Å². The van der Waals surface area contributed by atoms with Crippen molar-refractivity contribution in [3.8, 4) is 5.69 Å². The van der Waals surface area contributed by atoms with Crippen molar-refractivity contribution in [1.82, 2.24) is 19.7 Å². The Bertz CT molecular complexity index is 1350. The Morgan fingerprint density at radius 3 is 2.47 bits per heavy atom. The van der Waals surface area contributed by atoms with Crippen molar-refractivity contribution in [2.24, 2.45) is 0 Å². The van der Waals surface area contributed by atoms with Crippen molar-refractivity contribution in [3.05, 3.63) is 93.2 Å². The number of nitrogens with zero attached hydrogens (tertiary/aromatic N) is 3. The van der Waals surface area contributed by atoms with Gasteiger partial charge in [0.05, 0.1) is 11.4 Å². The van der Waals surface area contributed by atoms with E-state index in [4.69, 9.17) is 0 Å². The fraction of sp³-hybridized carbons (Fsp3) is 0.240. The molecule has 0 radical (unpaired) electrons. The molecule has 2 aromatic heterocycles. The monoisotopic (exact) mass is 432 g/mol. The zero-order chi connectivity index (χ0) is 22.8. The number of pyridine rings is 1. The summed E-state index contributed by atoms with van der Waals surface area (Å²) in [5, 5.41) is 8.27. The van der Waals surface area contributed by atoms with Gasteiger partial charge in [-0.1, -0.05) is 42.8 Å². The van der Waals surface area contributed by atoms with E-state index in [2.05, 4.69) is 10.4 Å². The molecule has 7 heteroatoms. The lowest BCUT2D eigenvalue weighted by Gasteiger charge is -2.13. The number of amides is 1. The van der Waals surface area contributed by atoms with E-state index in [9.17, 15) is 14.0 Å². The quantitative estimate of drug-likeness (QED) is 0.504. The molecule has 6 nitrogen and oxygen atoms in total. The summed E-state index contributed by atoms with van der Waals surface area (Å²) >= 11 is 0. The van der Waals surface area contributed by atoms with E-state index in [1.807, 2.05) is 45.0 Å². The number of halogens is 1. The largest absolute Gasteiger partial charge is 0.350 e. The van der Waals surface area contributed by atoms with Gasteiger partial charge in [0.25, 0.3) is 5.56 Å². The van der Waals surface area contributed by atoms with Crippen LogP contribution in [0.3, 0.4) is 0 Å². The van der Waals surface area contributed by atoms with Gasteiger partial charge >= 0.3 is 0 Å². The predicted octanol–water partition coefficient (Wildman–Crippen LogP) is 3.82. The topological polar surface area (TPSA) is 68.9 Å². The van der Waals surface area contributed by atoms with Crippen LogP contribution in [0.2, 0.25) is 0 Å². The van der Waals surface area contributed by atoms with Gasteiger partial charge in [-0.05, 0) is 44.0 Å². The second-order valence-corrected chi connectivity index (χ2v) is 7.85. The van der Waals surface area contributed by atoms with Gasteiger partial charge < -0.3 is 5.32 Å². The molecular weight excluding hydrogens is 407 g/mol. The van der Waals surface area contributed by atoms with Crippen LogP contribution in [-0.2, 0) is 24.3 Å². The van der Waals surface area contributed by atoms with Gasteiger partial charge in [-0.3, -0.25) is 14.2 Å². The van der Waals surface area contributed by atoms with E-state index in [-0.39, 0.29) is 30.4 Å². The first-order valence-corrected chi connectivity index (χ1v) is 10.6. The fourth-order valence-electron chi connectivity index (χ4n) is 3.88. The summed E-state index contributed by atoms with van der Waals surface area (Å²) in [5.41, 5.74) is 4.30. The van der Waals surface area contributed by atoms with Gasteiger partial charge in [-0.15, -0.1) is 0 Å². The molecule has 0 fully saturated rings. The van der Waals surface area contributed by atoms with Crippen molar-refractivity contribution < 1.29 is 9.18 Å². The molecule has 0 spiro atoms. The molecule has 0 unspecified atom stereocenters. The number of aromatic nitrogens is 3. The van der Waals surface area contributed by atoms with Gasteiger partial charge in [0, 0.05) is 23.6 Å². The van der Waals surface area contributed by atoms with Crippen LogP contribution >= 0.6 is 0 Å². The normalized spacial score (nSPS) is 11.1. The van der Waals surface area contributed by atoms with Crippen molar-refractivity contribution >= 4 is 16.9 Å². The first-order valence-electron chi connectivity index (χ1n) is 10.6. The summed E-state index contributed by atoms with van der Waals surface area (Å²) < 4.78 is 17.0. The molecule has 164 valence electrons. The van der Waals surface area contributed by atoms with Crippen molar-refractivity contribution in [1.29, 1.82) is 0 Å². The Morgan fingerprint density at radius 2 is 1.78 bits per heavy atom. The smallest absolute Gasteiger partial charge is 0.252 e. The standard InChI is InChI=1S/C25H25FN4O2/c1-4-18-13-23(32)29(15-22(31)27-14-19-7-5-6-8-21(19)26)25-24(18)17(3)28-30(25)20-11-9-16(2)10-12-20/h5-13H,4,14-15H2,1-3H3,(H,27,31). The summed E-state index contributed by atoms with van der Waals surface area (Å²) in [5.74, 6) is -0.761. The molecule has 0 aliphatic heterocycles. The highest BCUT2D eigenvalue weighted by Crippen LogP contribution is 2.25. The molecule has 1 N–H and O–H groups in total. The highest BCUT2D eigenvalue weighted by atomic mass is 19.1. The molecule has 0 saturated heterocycles. The van der Waals surface area contributed by atoms with Crippen LogP contribution < -0.4 is 10.9 Å². The zero-order valence-corrected chi connectivity index (χ0v) is 18.4. The van der Waals surface area contributed by atoms with Crippen LogP contribution in [0.1, 0.15) is 29.3 Å². The SMILES string of the molecule is CCc1cc(=O)n(CC(=O)NCc2ccccc2F)c2c1c(C)nn2-c1ccc(C)cc1. The number of carbonyl (C=O) groups excluding carboxylic acids is 1. The molecule has 0 bridgehead atoms. The number of fused-ring (bicyclic) bond motifs is 1. The van der Waals surface area contributed by atoms with Gasteiger partial charge in [-0.25, -0.2) is 9.07 Å². The van der Waals surface area contributed by atoms with Crippen LogP contribution in [-0.4, -0.2) is 20.3 Å². The van der Waals surface area contributed by atoms with Gasteiger partial charge in [0.1, 0.15) is 18.0 Å². The van der Waals surface area contributed by atoms with Gasteiger partial charge in [0.15, 0.2) is 0 Å². The second kappa shape index (κ2) is 8.78. The Hall–Kier alpha value is -3.74. The highest BCUT2D eigenvalue weighted by molar-refractivity contribution is 5.85. The molecule has 2 heterocycles. The number of benzene rings is 2. The fourth-order valence-corrected chi connectivity index (χ4v) is 3.88. The molecule has 4 aromatic rings. The minimum atomic E-state index is -0.382. The minimum Gasteiger partial charge on any atom is -0.350 e. The van der Waals surface area contributed by atoms with E-state index in [1.165, 1.54) is 10.6 Å². The minimum absolute atomic E-state index is 0.0483. The number of nitrogens with one attached hydrogen (secondary N) is 1. The highest BCUT2D eigenvalue weighted by Gasteiger charge is 2.19. The lowest BCUT2D eigenvalue weighted by Crippen LogP contribution is -2.33. The third-order valence-electron chi connectivity index (χ3n) is 5.57. The third kappa shape index (κ3) is 4.06. The third-order valence-corrected chi connectivity index (χ3v) is 5.57. The van der Waals surface area contributed by atoms with E-state index >= 15 is 0 Å². The molecule has 1 amide bonds. The summed E-state index contributed by atoms with van der Waals surface area (Å²) in [6.45, 7) is 5.75. The lowest BCUT2D eigenvalue weighted by atomic mass is 10.1. The maximum absolute atomic E-state index is 13.9. The zero-order valence-electron chi connectivity index (χ0n) is 18.4. The van der Waals surface area contributed by atoms with Crippen LogP contribution in [0.15, 0.2) is 59.4 Å². The van der Waals surface area contributed by atoms with Crippen LogP contribution in [0.4, 0.5) is 4.39 Å². The summed E-state index contributed by atoms with van der Waals surface area (Å²) in [7, 11) is 0. The molecule has 0 aliphatic rings. The van der Waals surface area contributed by atoms with Crippen LogP contribution in [0.5, 0.6) is 0 Å². The van der Waals surface area contributed by atoms with Gasteiger partial charge in [-0.2, -0.15) is 5.10 Å². The average molecular weight is 432 g/mol. The summed E-state index contributed by atoms with van der Waals surface area (Å²) in [4.78, 5) is 25.7. The molecule has 2 aromatic carbocycles. The second-order valence-electron chi connectivity index (χ2n) is 7.85. The molecule has 0 atom stereocenters. The molecular formula is C25H25FN4O2. The first kappa shape index (κ1) is 21.5. The number of hydrogen-bond acceptors (Lipinski definition) is 3. The number of rotatable bonds is 6. The van der Waals surface area contributed by atoms with Crippen molar-refractivity contribution in [2.45, 2.75) is 40.3 Å². The van der Waals surface area contributed by atoms with Crippen molar-refractivity contribution in [2.75, 3.05) is 0 Å². The Labute approximate surface area is 185 Å². The molecule has 0 aliphatic carbocycles. The van der Waals surface area contributed by atoms with E-state index in [0.29, 0.717) is 17.6 Å². The maximum atomic E-state index is 13.9. The Balaban J connectivity index is 1.76. The molecule has 32 heavy (non-hydrogen) atoms. The maximum Gasteiger partial charge on any atom is 0.252 e. The predicted molar refractivity (Wildman–Crippen MR) is 122 cm³/mol. The Morgan fingerprint density at radius 1 is 1.06 bits per heavy atom. The molecule has 4 rings (SSSR count). The van der Waals surface area contributed by atoms with Crippen molar-refractivity contribution in [3.63, 3.8) is 0 Å². The van der Waals surface area contributed by atoms with E-state index in [0.717, 1.165) is 27.9 Å². The summed E-state index contributed by atoms with van der Waals surface area (Å²) in [6, 6.07) is 15.7. The number of aryl methyl sites for hydroxylation is 3.